The van der Waals surface area contributed by atoms with Crippen LogP contribution in [0.2, 0.25) is 0 Å². The summed E-state index contributed by atoms with van der Waals surface area (Å²) in [5, 5.41) is 10.2. The fourth-order valence-corrected chi connectivity index (χ4v) is 2.40. The fraction of sp³-hybridized carbons (Fsp3) is 0.118. The van der Waals surface area contributed by atoms with Crippen LogP contribution in [0.5, 0.6) is 5.75 Å². The molecular formula is C17H14N2O. The first kappa shape index (κ1) is 12.3. The average Bonchev–Trinajstić information content (AvgIpc) is 2.90. The molecule has 0 aliphatic carbocycles. The van der Waals surface area contributed by atoms with Gasteiger partial charge in [0.15, 0.2) is 0 Å². The molecule has 3 aromatic rings. The summed E-state index contributed by atoms with van der Waals surface area (Å²) in [5.41, 5.74) is 2.88. The zero-order chi connectivity index (χ0) is 13.9. The number of hydrogen-bond donors (Lipinski definition) is 0. The number of fused-ring (bicyclic) bond motifs is 1. The molecule has 0 radical (unpaired) electrons. The Morgan fingerprint density at radius 1 is 1.15 bits per heavy atom. The molecule has 0 fully saturated rings. The second kappa shape index (κ2) is 5.10. The Labute approximate surface area is 117 Å². The Bertz CT molecular complexity index is 796. The van der Waals surface area contributed by atoms with E-state index in [2.05, 4.69) is 35.0 Å². The summed E-state index contributed by atoms with van der Waals surface area (Å²) in [6.45, 7) is 0.760. The highest BCUT2D eigenvalue weighted by atomic mass is 16.5. The van der Waals surface area contributed by atoms with Gasteiger partial charge in [-0.05, 0) is 35.2 Å². The molecule has 1 aromatic heterocycles. The van der Waals surface area contributed by atoms with Crippen LogP contribution in [0.25, 0.3) is 10.9 Å². The van der Waals surface area contributed by atoms with Gasteiger partial charge in [-0.3, -0.25) is 0 Å². The number of hydrogen-bond acceptors (Lipinski definition) is 2. The Morgan fingerprint density at radius 2 is 2.00 bits per heavy atom. The van der Waals surface area contributed by atoms with Crippen molar-refractivity contribution in [1.82, 2.24) is 4.57 Å². The maximum Gasteiger partial charge on any atom is 0.136 e. The molecule has 0 N–H and O–H groups in total. The lowest BCUT2D eigenvalue weighted by molar-refractivity contribution is 0.413. The van der Waals surface area contributed by atoms with Gasteiger partial charge >= 0.3 is 0 Å². The lowest BCUT2D eigenvalue weighted by atomic mass is 10.1. The Morgan fingerprint density at radius 3 is 2.80 bits per heavy atom. The Balaban J connectivity index is 1.97. The number of aromatic nitrogens is 1. The molecule has 0 saturated heterocycles. The van der Waals surface area contributed by atoms with Crippen LogP contribution in [-0.2, 0) is 6.54 Å². The van der Waals surface area contributed by atoms with Crippen LogP contribution in [0.1, 0.15) is 11.1 Å². The predicted octanol–water partition coefficient (Wildman–Crippen LogP) is 3.57. The van der Waals surface area contributed by atoms with E-state index in [1.54, 1.807) is 13.2 Å². The third-order valence-electron chi connectivity index (χ3n) is 3.42. The van der Waals surface area contributed by atoms with Gasteiger partial charge in [0, 0.05) is 18.3 Å². The maximum atomic E-state index is 9.00. The molecule has 0 aliphatic rings. The molecule has 0 amide bonds. The third-order valence-corrected chi connectivity index (χ3v) is 3.42. The molecule has 0 bridgehead atoms. The number of benzene rings is 2. The van der Waals surface area contributed by atoms with Crippen molar-refractivity contribution < 1.29 is 4.74 Å². The summed E-state index contributed by atoms with van der Waals surface area (Å²) in [6, 6.07) is 18.2. The minimum Gasteiger partial charge on any atom is -0.495 e. The highest BCUT2D eigenvalue weighted by Gasteiger charge is 2.05. The molecule has 2 aromatic carbocycles. The Hall–Kier alpha value is -2.73. The van der Waals surface area contributed by atoms with Crippen LogP contribution in [0.3, 0.4) is 0 Å². The van der Waals surface area contributed by atoms with Crippen molar-refractivity contribution in [2.75, 3.05) is 7.11 Å². The van der Waals surface area contributed by atoms with Crippen LogP contribution in [0.15, 0.2) is 54.7 Å². The van der Waals surface area contributed by atoms with Crippen LogP contribution in [0, 0.1) is 11.3 Å². The summed E-state index contributed by atoms with van der Waals surface area (Å²) in [7, 11) is 1.59. The van der Waals surface area contributed by atoms with Gasteiger partial charge in [0.1, 0.15) is 11.8 Å². The van der Waals surface area contributed by atoms with E-state index in [0.717, 1.165) is 12.1 Å². The summed E-state index contributed by atoms with van der Waals surface area (Å²) in [5.74, 6) is 0.626. The van der Waals surface area contributed by atoms with Crippen LogP contribution in [-0.4, -0.2) is 11.7 Å². The number of nitriles is 1. The zero-order valence-corrected chi connectivity index (χ0v) is 11.2. The molecule has 3 heteroatoms. The highest BCUT2D eigenvalue weighted by Crippen LogP contribution is 2.22. The fourth-order valence-electron chi connectivity index (χ4n) is 2.40. The lowest BCUT2D eigenvalue weighted by Crippen LogP contribution is -1.99. The van der Waals surface area contributed by atoms with Gasteiger partial charge in [-0.2, -0.15) is 5.26 Å². The van der Waals surface area contributed by atoms with E-state index in [0.29, 0.717) is 11.3 Å². The van der Waals surface area contributed by atoms with Gasteiger partial charge in [0.2, 0.25) is 0 Å². The van der Waals surface area contributed by atoms with E-state index in [-0.39, 0.29) is 0 Å². The van der Waals surface area contributed by atoms with Crippen LogP contribution in [0.4, 0.5) is 0 Å². The molecule has 0 saturated carbocycles. The number of rotatable bonds is 3. The number of ether oxygens (including phenoxy) is 1. The largest absolute Gasteiger partial charge is 0.495 e. The first-order valence-electron chi connectivity index (χ1n) is 6.42. The number of methoxy groups -OCH3 is 1. The van der Waals surface area contributed by atoms with E-state index in [9.17, 15) is 0 Å². The van der Waals surface area contributed by atoms with E-state index in [1.807, 2.05) is 24.3 Å². The van der Waals surface area contributed by atoms with Crippen molar-refractivity contribution in [1.29, 1.82) is 5.26 Å². The van der Waals surface area contributed by atoms with Crippen molar-refractivity contribution in [3.8, 4) is 11.8 Å². The number of nitrogens with zero attached hydrogens (tertiary/aromatic N) is 2. The molecule has 0 aliphatic heterocycles. The van der Waals surface area contributed by atoms with Crippen LogP contribution < -0.4 is 4.74 Å². The first-order valence-corrected chi connectivity index (χ1v) is 6.42. The molecule has 1 heterocycles. The highest BCUT2D eigenvalue weighted by molar-refractivity contribution is 5.80. The van der Waals surface area contributed by atoms with E-state index >= 15 is 0 Å². The predicted molar refractivity (Wildman–Crippen MR) is 78.7 cm³/mol. The van der Waals surface area contributed by atoms with Crippen molar-refractivity contribution in [3.63, 3.8) is 0 Å². The van der Waals surface area contributed by atoms with Gasteiger partial charge in [-0.15, -0.1) is 0 Å². The van der Waals surface area contributed by atoms with Gasteiger partial charge in [-0.25, -0.2) is 0 Å². The summed E-state index contributed by atoms with van der Waals surface area (Å²) in [4.78, 5) is 0. The topological polar surface area (TPSA) is 38.0 Å². The molecule has 3 rings (SSSR count). The van der Waals surface area contributed by atoms with Crippen molar-refractivity contribution >= 4 is 10.9 Å². The summed E-state index contributed by atoms with van der Waals surface area (Å²) in [6.07, 6.45) is 2.08. The quantitative estimate of drug-likeness (QED) is 0.723. The minimum atomic E-state index is 0.564. The van der Waals surface area contributed by atoms with E-state index in [4.69, 9.17) is 10.00 Å². The molecule has 20 heavy (non-hydrogen) atoms. The average molecular weight is 262 g/mol. The summed E-state index contributed by atoms with van der Waals surface area (Å²) < 4.78 is 7.44. The monoisotopic (exact) mass is 262 g/mol. The lowest BCUT2D eigenvalue weighted by Gasteiger charge is -2.08. The smallest absolute Gasteiger partial charge is 0.136 e. The minimum absolute atomic E-state index is 0.564. The van der Waals surface area contributed by atoms with Gasteiger partial charge < -0.3 is 9.30 Å². The van der Waals surface area contributed by atoms with E-state index < -0.39 is 0 Å². The molecule has 0 spiro atoms. The summed E-state index contributed by atoms with van der Waals surface area (Å²) >= 11 is 0. The standard InChI is InChI=1S/C17H14N2O/c1-20-17-10-13(6-7-15(17)11-18)12-19-9-8-14-4-2-3-5-16(14)19/h2-10H,12H2,1H3. The van der Waals surface area contributed by atoms with Gasteiger partial charge in [-0.1, -0.05) is 24.3 Å². The van der Waals surface area contributed by atoms with Crippen LogP contribution >= 0.6 is 0 Å². The second-order valence-corrected chi connectivity index (χ2v) is 4.65. The van der Waals surface area contributed by atoms with Gasteiger partial charge in [0.25, 0.3) is 0 Å². The van der Waals surface area contributed by atoms with E-state index in [1.165, 1.54) is 10.9 Å². The molecule has 0 atom stereocenters. The number of para-hydroxylation sites is 1. The Kier molecular flexibility index (Phi) is 3.14. The molecule has 98 valence electrons. The van der Waals surface area contributed by atoms with Crippen molar-refractivity contribution in [2.24, 2.45) is 0 Å². The molecule has 3 nitrogen and oxygen atoms in total. The zero-order valence-electron chi connectivity index (χ0n) is 11.2. The maximum absolute atomic E-state index is 9.00. The SMILES string of the molecule is COc1cc(Cn2ccc3ccccc32)ccc1C#N. The molecular weight excluding hydrogens is 248 g/mol. The first-order chi connectivity index (χ1) is 9.81. The van der Waals surface area contributed by atoms with Gasteiger partial charge in [0.05, 0.1) is 12.7 Å². The third kappa shape index (κ3) is 2.12. The second-order valence-electron chi connectivity index (χ2n) is 4.65. The van der Waals surface area contributed by atoms with Crippen molar-refractivity contribution in [2.45, 2.75) is 6.54 Å². The normalized spacial score (nSPS) is 10.4. The van der Waals surface area contributed by atoms with Crippen molar-refractivity contribution in [3.05, 3.63) is 65.9 Å². The molecule has 0 unspecified atom stereocenters.